The van der Waals surface area contributed by atoms with Gasteiger partial charge >= 0.3 is 6.01 Å². The summed E-state index contributed by atoms with van der Waals surface area (Å²) < 4.78 is 50.5. The Hall–Kier alpha value is -3.50. The van der Waals surface area contributed by atoms with Crippen molar-refractivity contribution in [3.05, 3.63) is 34.4 Å². The molecule has 9 nitrogen and oxygen atoms in total. The molecule has 44 heavy (non-hydrogen) atoms. The van der Waals surface area contributed by atoms with Gasteiger partial charge in [0.15, 0.2) is 11.6 Å². The van der Waals surface area contributed by atoms with Gasteiger partial charge in [0, 0.05) is 41.4 Å². The van der Waals surface area contributed by atoms with Crippen LogP contribution in [0.1, 0.15) is 37.7 Å². The first-order chi connectivity index (χ1) is 21.3. The van der Waals surface area contributed by atoms with Crippen LogP contribution in [0.5, 0.6) is 11.8 Å². The van der Waals surface area contributed by atoms with Gasteiger partial charge in [-0.05, 0) is 44.4 Å². The molecule has 2 aromatic carbocycles. The maximum atomic E-state index is 17.1. The van der Waals surface area contributed by atoms with Gasteiger partial charge < -0.3 is 30.2 Å². The lowest BCUT2D eigenvalue weighted by molar-refractivity contribution is 0.0785. The number of nitrogens with one attached hydrogen (secondary N) is 1. The van der Waals surface area contributed by atoms with Crippen LogP contribution < -0.4 is 25.4 Å². The maximum Gasteiger partial charge on any atom is 0.319 e. The van der Waals surface area contributed by atoms with Crippen LogP contribution in [0.3, 0.4) is 0 Å². The number of nitriles is 1. The van der Waals surface area contributed by atoms with Gasteiger partial charge in [0.1, 0.15) is 28.2 Å². The molecule has 2 saturated carbocycles. The van der Waals surface area contributed by atoms with Crippen molar-refractivity contribution in [1.82, 2.24) is 15.3 Å². The van der Waals surface area contributed by atoms with Crippen LogP contribution in [-0.2, 0) is 4.74 Å². The lowest BCUT2D eigenvalue weighted by Gasteiger charge is -2.37. The topological polar surface area (TPSA) is 119 Å². The Labute approximate surface area is 260 Å². The van der Waals surface area contributed by atoms with E-state index in [-0.39, 0.29) is 71.1 Å². The van der Waals surface area contributed by atoms with Gasteiger partial charge in [-0.3, -0.25) is 0 Å². The number of hydrogen-bond acceptors (Lipinski definition) is 10. The molecule has 9 rings (SSSR count). The number of anilines is 2. The highest BCUT2D eigenvalue weighted by Crippen LogP contribution is 2.55. The summed E-state index contributed by atoms with van der Waals surface area (Å²) in [4.78, 5) is 11.7. The van der Waals surface area contributed by atoms with Crippen LogP contribution in [0.2, 0.25) is 5.02 Å². The SMILES string of the molecule is CNCCN1c2nc(OCC34COC(C3)C4)nc3c(F)c(-c4ccc(F)c5sc(N)c(C#N)c45)c(Cl)c(c23)OCCC12CC2. The third-order valence-corrected chi connectivity index (χ3v) is 11.0. The molecule has 3 aliphatic heterocycles. The van der Waals surface area contributed by atoms with E-state index >= 15 is 4.39 Å². The summed E-state index contributed by atoms with van der Waals surface area (Å²) in [5.74, 6) is -0.548. The summed E-state index contributed by atoms with van der Waals surface area (Å²) in [5.41, 5.74) is 6.08. The molecule has 2 bridgehead atoms. The minimum absolute atomic E-state index is 0.00194. The number of ether oxygens (including phenoxy) is 3. The lowest BCUT2D eigenvalue weighted by atomic mass is 9.71. The fourth-order valence-corrected chi connectivity index (χ4v) is 8.41. The fraction of sp³-hybridized carbons (Fsp3) is 0.452. The van der Waals surface area contributed by atoms with Gasteiger partial charge in [0.25, 0.3) is 0 Å². The van der Waals surface area contributed by atoms with Crippen molar-refractivity contribution in [2.75, 3.05) is 50.6 Å². The highest BCUT2D eigenvalue weighted by atomic mass is 35.5. The Morgan fingerprint density at radius 1 is 1.25 bits per heavy atom. The number of benzene rings is 2. The van der Waals surface area contributed by atoms with Gasteiger partial charge in [-0.1, -0.05) is 17.7 Å². The third-order valence-electron chi connectivity index (χ3n) is 9.65. The first-order valence-corrected chi connectivity index (χ1v) is 15.9. The molecule has 2 aromatic heterocycles. The number of thiophene rings is 1. The summed E-state index contributed by atoms with van der Waals surface area (Å²) in [6.07, 6.45) is 4.75. The van der Waals surface area contributed by atoms with E-state index < -0.39 is 11.6 Å². The maximum absolute atomic E-state index is 17.1. The van der Waals surface area contributed by atoms with Crippen molar-refractivity contribution >= 4 is 54.7 Å². The van der Waals surface area contributed by atoms with Crippen molar-refractivity contribution in [2.45, 2.75) is 43.7 Å². The molecule has 0 radical (unpaired) electrons. The van der Waals surface area contributed by atoms with E-state index in [9.17, 15) is 9.65 Å². The van der Waals surface area contributed by atoms with E-state index in [1.165, 1.54) is 12.1 Å². The van der Waals surface area contributed by atoms with Crippen LogP contribution in [0.4, 0.5) is 19.6 Å². The zero-order chi connectivity index (χ0) is 30.4. The van der Waals surface area contributed by atoms with Gasteiger partial charge in [-0.25, -0.2) is 8.78 Å². The summed E-state index contributed by atoms with van der Waals surface area (Å²) in [6, 6.07) is 4.75. The van der Waals surface area contributed by atoms with Crippen molar-refractivity contribution in [1.29, 1.82) is 5.26 Å². The minimum Gasteiger partial charge on any atom is -0.491 e. The molecule has 2 aliphatic carbocycles. The van der Waals surface area contributed by atoms with Crippen LogP contribution >= 0.6 is 22.9 Å². The standard InChI is InChI=1S/C31H29ClF2N6O3S/c1-37-7-8-40-28-21-24(38-29(39-28)43-14-30-10-15(11-30)42-13-30)23(34)20(22(32)25(21)41-9-6-31(40)4-5-31)16-2-3-18(33)26-19(16)17(12-35)27(36)44-26/h2-3,15,37H,4-11,13-14,36H2,1H3. The summed E-state index contributed by atoms with van der Waals surface area (Å²) in [7, 11) is 1.89. The predicted octanol–water partition coefficient (Wildman–Crippen LogP) is 5.80. The molecule has 3 N–H and O–H groups in total. The molecule has 0 amide bonds. The molecular weight excluding hydrogens is 610 g/mol. The van der Waals surface area contributed by atoms with Gasteiger partial charge in [-0.2, -0.15) is 15.2 Å². The van der Waals surface area contributed by atoms with E-state index in [0.717, 1.165) is 43.4 Å². The van der Waals surface area contributed by atoms with Crippen molar-refractivity contribution in [3.63, 3.8) is 0 Å². The highest BCUT2D eigenvalue weighted by molar-refractivity contribution is 7.23. The number of aromatic nitrogens is 2. The van der Waals surface area contributed by atoms with E-state index in [1.54, 1.807) is 0 Å². The van der Waals surface area contributed by atoms with E-state index in [0.29, 0.717) is 44.1 Å². The molecule has 4 aromatic rings. The zero-order valence-electron chi connectivity index (χ0n) is 23.9. The molecular formula is C31H29ClF2N6O3S. The second-order valence-electron chi connectivity index (χ2n) is 12.3. The average Bonchev–Trinajstić information content (AvgIpc) is 3.30. The Morgan fingerprint density at radius 2 is 2.07 bits per heavy atom. The molecule has 0 atom stereocenters. The fourth-order valence-electron chi connectivity index (χ4n) is 7.12. The molecule has 2 saturated heterocycles. The number of likely N-dealkylation sites (N-methyl/N-ethyl adjacent to an activating group) is 1. The normalized spacial score (nSPS) is 22.9. The number of nitrogens with two attached hydrogens (primary N) is 1. The molecule has 1 spiro atoms. The van der Waals surface area contributed by atoms with Crippen molar-refractivity contribution in [2.24, 2.45) is 5.41 Å². The van der Waals surface area contributed by atoms with Crippen LogP contribution in [0, 0.1) is 28.4 Å². The molecule has 4 fully saturated rings. The molecule has 5 aliphatic rings. The van der Waals surface area contributed by atoms with Crippen molar-refractivity contribution in [3.8, 4) is 29.0 Å². The van der Waals surface area contributed by atoms with Gasteiger partial charge in [0.05, 0.1) is 46.6 Å². The molecule has 228 valence electrons. The summed E-state index contributed by atoms with van der Waals surface area (Å²) >= 11 is 7.99. The number of fused-ring (bicyclic) bond motifs is 2. The van der Waals surface area contributed by atoms with Crippen LogP contribution in [0.15, 0.2) is 12.1 Å². The second kappa shape index (κ2) is 10.0. The van der Waals surface area contributed by atoms with Crippen molar-refractivity contribution < 1.29 is 23.0 Å². The van der Waals surface area contributed by atoms with Crippen LogP contribution in [0.25, 0.3) is 32.1 Å². The number of nitrogens with zero attached hydrogens (tertiary/aromatic N) is 4. The van der Waals surface area contributed by atoms with E-state index in [2.05, 4.69) is 21.3 Å². The lowest BCUT2D eigenvalue weighted by Crippen LogP contribution is -2.44. The quantitative estimate of drug-likeness (QED) is 0.259. The monoisotopic (exact) mass is 638 g/mol. The second-order valence-corrected chi connectivity index (χ2v) is 13.8. The smallest absolute Gasteiger partial charge is 0.319 e. The highest BCUT2D eigenvalue weighted by Gasteiger charge is 2.53. The molecule has 13 heteroatoms. The Balaban J connectivity index is 1.38. The van der Waals surface area contributed by atoms with Crippen LogP contribution in [-0.4, -0.2) is 61.6 Å². The Morgan fingerprint density at radius 3 is 2.77 bits per heavy atom. The largest absolute Gasteiger partial charge is 0.491 e. The first kappa shape index (κ1) is 28.0. The Bertz CT molecular complexity index is 1900. The number of nitrogen functional groups attached to an aromatic ring is 1. The minimum atomic E-state index is -0.738. The van der Waals surface area contributed by atoms with Gasteiger partial charge in [-0.15, -0.1) is 11.3 Å². The number of halogens is 3. The number of hydrogen-bond donors (Lipinski definition) is 2. The van der Waals surface area contributed by atoms with Gasteiger partial charge in [0.2, 0.25) is 0 Å². The summed E-state index contributed by atoms with van der Waals surface area (Å²) in [6.45, 7) is 2.64. The average molecular weight is 639 g/mol. The summed E-state index contributed by atoms with van der Waals surface area (Å²) in [5, 5.41) is 13.8. The predicted molar refractivity (Wildman–Crippen MR) is 165 cm³/mol. The molecule has 5 heterocycles. The third kappa shape index (κ3) is 4.06. The Kier molecular flexibility index (Phi) is 6.37. The molecule has 0 unspecified atom stereocenters. The van der Waals surface area contributed by atoms with E-state index in [1.807, 2.05) is 7.05 Å². The van der Waals surface area contributed by atoms with E-state index in [4.69, 9.17) is 36.5 Å². The number of rotatable bonds is 7. The first-order valence-electron chi connectivity index (χ1n) is 14.7. The zero-order valence-corrected chi connectivity index (χ0v) is 25.5.